The fourth-order valence-electron chi connectivity index (χ4n) is 2.12. The lowest BCUT2D eigenvalue weighted by molar-refractivity contribution is -0.116. The third kappa shape index (κ3) is 5.12. The van der Waals surface area contributed by atoms with Crippen molar-refractivity contribution in [3.63, 3.8) is 0 Å². The van der Waals surface area contributed by atoms with Crippen LogP contribution in [0.5, 0.6) is 0 Å². The summed E-state index contributed by atoms with van der Waals surface area (Å²) in [6.45, 7) is 1.45. The molecule has 2 aromatic rings. The highest BCUT2D eigenvalue weighted by Gasteiger charge is 2.25. The Morgan fingerprint density at radius 3 is 2.56 bits per heavy atom. The number of benzene rings is 1. The molecule has 0 bridgehead atoms. The van der Waals surface area contributed by atoms with E-state index >= 15 is 0 Å². The van der Waals surface area contributed by atoms with Crippen LogP contribution in [0.2, 0.25) is 0 Å². The molecule has 0 aliphatic rings. The lowest BCUT2D eigenvalue weighted by Crippen LogP contribution is -2.35. The Labute approximate surface area is 165 Å². The van der Waals surface area contributed by atoms with Crippen LogP contribution in [0.3, 0.4) is 0 Å². The molecule has 144 valence electrons. The first-order chi connectivity index (χ1) is 12.6. The largest absolute Gasteiger partial charge is 0.465 e. The van der Waals surface area contributed by atoms with Crippen molar-refractivity contribution in [1.82, 2.24) is 9.29 Å². The van der Waals surface area contributed by atoms with Crippen molar-refractivity contribution in [2.75, 3.05) is 26.0 Å². The van der Waals surface area contributed by atoms with E-state index in [0.29, 0.717) is 10.3 Å². The zero-order valence-electron chi connectivity index (χ0n) is 14.9. The van der Waals surface area contributed by atoms with Gasteiger partial charge < -0.3 is 10.1 Å². The quantitative estimate of drug-likeness (QED) is 0.669. The van der Waals surface area contributed by atoms with Crippen LogP contribution < -0.4 is 5.32 Å². The normalized spacial score (nSPS) is 11.3. The van der Waals surface area contributed by atoms with Gasteiger partial charge in [0.25, 0.3) is 0 Å². The van der Waals surface area contributed by atoms with Crippen molar-refractivity contribution in [3.8, 4) is 0 Å². The Bertz CT molecular complexity index is 961. The molecule has 10 heteroatoms. The van der Waals surface area contributed by atoms with Crippen molar-refractivity contribution in [3.05, 3.63) is 52.1 Å². The third-order valence-corrected chi connectivity index (χ3v) is 6.09. The number of aromatic nitrogens is 1. The number of anilines is 1. The smallest absolute Gasteiger partial charge is 0.339 e. The summed E-state index contributed by atoms with van der Waals surface area (Å²) in [4.78, 5) is 27.8. The number of methoxy groups -OCH3 is 1. The van der Waals surface area contributed by atoms with E-state index in [-0.39, 0.29) is 10.5 Å². The van der Waals surface area contributed by atoms with Crippen LogP contribution in [0.4, 0.5) is 5.82 Å². The predicted octanol–water partition coefficient (Wildman–Crippen LogP) is 2.20. The third-order valence-electron chi connectivity index (χ3n) is 3.60. The number of sulfonamides is 1. The molecule has 0 spiro atoms. The van der Waals surface area contributed by atoms with Gasteiger partial charge in [-0.15, -0.1) is 0 Å². The molecule has 8 nitrogen and oxygen atoms in total. The van der Waals surface area contributed by atoms with Gasteiger partial charge in [0.1, 0.15) is 5.82 Å². The molecule has 1 N–H and O–H groups in total. The second-order valence-electron chi connectivity index (χ2n) is 5.66. The zero-order chi connectivity index (χ0) is 20.2. The number of rotatable bonds is 6. The van der Waals surface area contributed by atoms with Crippen LogP contribution in [0.15, 0.2) is 45.9 Å². The number of pyridine rings is 1. The van der Waals surface area contributed by atoms with E-state index in [1.54, 1.807) is 18.3 Å². The maximum atomic E-state index is 12.7. The van der Waals surface area contributed by atoms with Crippen molar-refractivity contribution >= 4 is 43.6 Å². The second kappa shape index (κ2) is 8.59. The van der Waals surface area contributed by atoms with E-state index in [1.807, 2.05) is 6.92 Å². The second-order valence-corrected chi connectivity index (χ2v) is 8.56. The first-order valence-corrected chi connectivity index (χ1v) is 9.95. The predicted molar refractivity (Wildman–Crippen MR) is 103 cm³/mol. The summed E-state index contributed by atoms with van der Waals surface area (Å²) in [6.07, 6.45) is 1.59. The number of halogens is 1. The summed E-state index contributed by atoms with van der Waals surface area (Å²) < 4.78 is 31.3. The van der Waals surface area contributed by atoms with Gasteiger partial charge in [-0.3, -0.25) is 4.79 Å². The van der Waals surface area contributed by atoms with Gasteiger partial charge in [0.15, 0.2) is 0 Å². The van der Waals surface area contributed by atoms with Gasteiger partial charge in [0.05, 0.1) is 24.1 Å². The summed E-state index contributed by atoms with van der Waals surface area (Å²) in [5.74, 6) is -0.888. The fraction of sp³-hybridized carbons (Fsp3) is 0.235. The van der Waals surface area contributed by atoms with Gasteiger partial charge in [0.2, 0.25) is 15.9 Å². The molecule has 0 saturated carbocycles. The molecule has 0 fully saturated rings. The molecule has 0 radical (unpaired) electrons. The lowest BCUT2D eigenvalue weighted by atomic mass is 10.2. The van der Waals surface area contributed by atoms with Gasteiger partial charge in [-0.1, -0.05) is 6.07 Å². The lowest BCUT2D eigenvalue weighted by Gasteiger charge is -2.17. The molecule has 2 rings (SSSR count). The van der Waals surface area contributed by atoms with Crippen molar-refractivity contribution < 1.29 is 22.7 Å². The highest BCUT2D eigenvalue weighted by molar-refractivity contribution is 9.10. The number of carbonyl (C=O) groups is 2. The molecule has 1 aromatic carbocycles. The Kier molecular flexibility index (Phi) is 6.68. The van der Waals surface area contributed by atoms with Gasteiger partial charge in [-0.25, -0.2) is 18.2 Å². The molecule has 27 heavy (non-hydrogen) atoms. The van der Waals surface area contributed by atoms with E-state index in [4.69, 9.17) is 0 Å². The summed E-state index contributed by atoms with van der Waals surface area (Å²) in [5, 5.41) is 2.53. The number of carbonyl (C=O) groups excluding carboxylic acids is 2. The fourth-order valence-corrected chi connectivity index (χ4v) is 3.68. The topological polar surface area (TPSA) is 106 Å². The molecule has 0 unspecified atom stereocenters. The average Bonchev–Trinajstić information content (AvgIpc) is 2.63. The molecular formula is C17H18BrN3O5S. The first kappa shape index (κ1) is 21.0. The summed E-state index contributed by atoms with van der Waals surface area (Å²) in [7, 11) is -1.52. The molecule has 0 saturated heterocycles. The van der Waals surface area contributed by atoms with Crippen LogP contribution in [-0.4, -0.2) is 50.3 Å². The number of nitrogens with zero attached hydrogens (tertiary/aromatic N) is 2. The minimum atomic E-state index is -3.99. The number of likely N-dealkylation sites (N-methyl/N-ethyl adjacent to an activating group) is 1. The molecule has 0 aliphatic heterocycles. The van der Waals surface area contributed by atoms with Crippen LogP contribution >= 0.6 is 15.9 Å². The van der Waals surface area contributed by atoms with E-state index in [2.05, 4.69) is 31.0 Å². The van der Waals surface area contributed by atoms with Crippen LogP contribution in [0.1, 0.15) is 15.9 Å². The highest BCUT2D eigenvalue weighted by Crippen LogP contribution is 2.23. The van der Waals surface area contributed by atoms with Crippen LogP contribution in [0, 0.1) is 6.92 Å². The molecular weight excluding hydrogens is 438 g/mol. The van der Waals surface area contributed by atoms with Gasteiger partial charge in [-0.05, 0) is 52.7 Å². The van der Waals surface area contributed by atoms with E-state index in [1.165, 1.54) is 32.4 Å². The van der Waals surface area contributed by atoms with Crippen LogP contribution in [-0.2, 0) is 19.6 Å². The van der Waals surface area contributed by atoms with Crippen molar-refractivity contribution in [1.29, 1.82) is 0 Å². The number of aryl methyl sites for hydroxylation is 1. The number of ether oxygens (including phenoxy) is 1. The van der Waals surface area contributed by atoms with Crippen LogP contribution in [0.25, 0.3) is 0 Å². The SMILES string of the molecule is COC(=O)c1cc(S(=O)(=O)N(C)CC(=O)Nc2ccc(C)cn2)ccc1Br. The summed E-state index contributed by atoms with van der Waals surface area (Å²) >= 11 is 3.18. The Balaban J connectivity index is 2.17. The first-order valence-electron chi connectivity index (χ1n) is 7.72. The number of hydrogen-bond donors (Lipinski definition) is 1. The maximum Gasteiger partial charge on any atom is 0.339 e. The van der Waals surface area contributed by atoms with Gasteiger partial charge in [-0.2, -0.15) is 4.31 Å². The van der Waals surface area contributed by atoms with E-state index < -0.39 is 28.4 Å². The highest BCUT2D eigenvalue weighted by atomic mass is 79.9. The van der Waals surface area contributed by atoms with Gasteiger partial charge in [0, 0.05) is 17.7 Å². The molecule has 1 heterocycles. The van der Waals surface area contributed by atoms with Gasteiger partial charge >= 0.3 is 5.97 Å². The number of nitrogens with one attached hydrogen (secondary N) is 1. The number of esters is 1. The number of amides is 1. The average molecular weight is 456 g/mol. The minimum Gasteiger partial charge on any atom is -0.465 e. The summed E-state index contributed by atoms with van der Waals surface area (Å²) in [5.41, 5.74) is 1.00. The maximum absolute atomic E-state index is 12.7. The Hall–Kier alpha value is -2.30. The summed E-state index contributed by atoms with van der Waals surface area (Å²) in [6, 6.07) is 7.37. The molecule has 0 atom stereocenters. The zero-order valence-corrected chi connectivity index (χ0v) is 17.3. The Morgan fingerprint density at radius 2 is 1.96 bits per heavy atom. The minimum absolute atomic E-state index is 0.0697. The molecule has 1 amide bonds. The monoisotopic (exact) mass is 455 g/mol. The standard InChI is InChI=1S/C17H18BrN3O5S/c1-11-4-7-15(19-9-11)20-16(22)10-21(2)27(24,25)12-5-6-14(18)13(8-12)17(23)26-3/h4-9H,10H2,1-3H3,(H,19,20,22). The van der Waals surface area contributed by atoms with E-state index in [0.717, 1.165) is 9.87 Å². The molecule has 1 aromatic heterocycles. The van der Waals surface area contributed by atoms with E-state index in [9.17, 15) is 18.0 Å². The Morgan fingerprint density at radius 1 is 1.26 bits per heavy atom. The molecule has 0 aliphatic carbocycles. The number of hydrogen-bond acceptors (Lipinski definition) is 6. The van der Waals surface area contributed by atoms with Crippen molar-refractivity contribution in [2.24, 2.45) is 0 Å². The van der Waals surface area contributed by atoms with Crippen molar-refractivity contribution in [2.45, 2.75) is 11.8 Å².